The third-order valence-electron chi connectivity index (χ3n) is 2.50. The van der Waals surface area contributed by atoms with Crippen molar-refractivity contribution in [2.75, 3.05) is 6.61 Å². The molecule has 1 heterocycles. The summed E-state index contributed by atoms with van der Waals surface area (Å²) >= 11 is 0. The normalized spacial score (nSPS) is 9.89. The summed E-state index contributed by atoms with van der Waals surface area (Å²) in [5.41, 5.74) is 2.16. The van der Waals surface area contributed by atoms with E-state index in [1.54, 1.807) is 13.0 Å². The number of nitrogens with zero attached hydrogens (tertiary/aromatic N) is 3. The SMILES string of the molecule is CCOC(=O)c1n[nH]nc1-c1cccc(CC#N)c1. The molecule has 6 nitrogen and oxygen atoms in total. The van der Waals surface area contributed by atoms with Gasteiger partial charge in [0.05, 0.1) is 19.1 Å². The van der Waals surface area contributed by atoms with Crippen LogP contribution in [-0.2, 0) is 11.2 Å². The van der Waals surface area contributed by atoms with Gasteiger partial charge < -0.3 is 4.74 Å². The van der Waals surface area contributed by atoms with Crippen LogP contribution in [0.5, 0.6) is 0 Å². The van der Waals surface area contributed by atoms with Crippen LogP contribution in [0.25, 0.3) is 11.3 Å². The molecule has 2 rings (SSSR count). The predicted molar refractivity (Wildman–Crippen MR) is 67.1 cm³/mol. The van der Waals surface area contributed by atoms with Gasteiger partial charge in [-0.2, -0.15) is 15.6 Å². The lowest BCUT2D eigenvalue weighted by atomic mass is 10.1. The number of nitriles is 1. The average molecular weight is 256 g/mol. The zero-order valence-electron chi connectivity index (χ0n) is 10.4. The monoisotopic (exact) mass is 256 g/mol. The Morgan fingerprint density at radius 1 is 1.47 bits per heavy atom. The van der Waals surface area contributed by atoms with Gasteiger partial charge >= 0.3 is 5.97 Å². The van der Waals surface area contributed by atoms with Crippen LogP contribution in [-0.4, -0.2) is 28.0 Å². The molecule has 0 saturated heterocycles. The molecule has 96 valence electrons. The zero-order chi connectivity index (χ0) is 13.7. The highest BCUT2D eigenvalue weighted by atomic mass is 16.5. The van der Waals surface area contributed by atoms with Crippen molar-refractivity contribution in [3.05, 3.63) is 35.5 Å². The Morgan fingerprint density at radius 2 is 2.32 bits per heavy atom. The van der Waals surface area contributed by atoms with E-state index in [-0.39, 0.29) is 12.3 Å². The number of aromatic nitrogens is 3. The highest BCUT2D eigenvalue weighted by Gasteiger charge is 2.18. The highest BCUT2D eigenvalue weighted by molar-refractivity contribution is 5.93. The van der Waals surface area contributed by atoms with Crippen LogP contribution < -0.4 is 0 Å². The number of hydrogen-bond donors (Lipinski definition) is 1. The van der Waals surface area contributed by atoms with E-state index in [1.165, 1.54) is 0 Å². The average Bonchev–Trinajstić information content (AvgIpc) is 2.89. The Balaban J connectivity index is 2.37. The number of nitrogens with one attached hydrogen (secondary N) is 1. The Morgan fingerprint density at radius 3 is 3.05 bits per heavy atom. The summed E-state index contributed by atoms with van der Waals surface area (Å²) in [5, 5.41) is 18.9. The number of carbonyl (C=O) groups is 1. The second kappa shape index (κ2) is 5.78. The number of carbonyl (C=O) groups excluding carboxylic acids is 1. The van der Waals surface area contributed by atoms with E-state index in [0.29, 0.717) is 12.1 Å². The second-order valence-electron chi connectivity index (χ2n) is 3.78. The zero-order valence-corrected chi connectivity index (χ0v) is 10.4. The number of benzene rings is 1. The molecule has 1 aromatic carbocycles. The Hall–Kier alpha value is -2.68. The van der Waals surface area contributed by atoms with Crippen LogP contribution in [0.3, 0.4) is 0 Å². The van der Waals surface area contributed by atoms with E-state index in [9.17, 15) is 4.79 Å². The van der Waals surface area contributed by atoms with Crippen LogP contribution in [0, 0.1) is 11.3 Å². The first-order valence-electron chi connectivity index (χ1n) is 5.80. The fraction of sp³-hybridized carbons (Fsp3) is 0.231. The molecule has 0 unspecified atom stereocenters. The number of aromatic amines is 1. The topological polar surface area (TPSA) is 91.7 Å². The van der Waals surface area contributed by atoms with Crippen molar-refractivity contribution in [3.63, 3.8) is 0 Å². The molecular formula is C13H12N4O2. The first-order chi connectivity index (χ1) is 9.26. The van der Waals surface area contributed by atoms with Gasteiger partial charge in [0.2, 0.25) is 0 Å². The molecule has 2 aromatic rings. The highest BCUT2D eigenvalue weighted by Crippen LogP contribution is 2.21. The minimum Gasteiger partial charge on any atom is -0.461 e. The lowest BCUT2D eigenvalue weighted by Gasteiger charge is -2.02. The number of rotatable bonds is 4. The molecule has 0 aliphatic carbocycles. The van der Waals surface area contributed by atoms with E-state index < -0.39 is 5.97 Å². The summed E-state index contributed by atoms with van der Waals surface area (Å²) in [7, 11) is 0. The Kier molecular flexibility index (Phi) is 3.88. The third kappa shape index (κ3) is 2.77. The maximum Gasteiger partial charge on any atom is 0.361 e. The molecule has 0 aliphatic rings. The molecule has 19 heavy (non-hydrogen) atoms. The summed E-state index contributed by atoms with van der Waals surface area (Å²) in [6, 6.07) is 9.35. The van der Waals surface area contributed by atoms with Gasteiger partial charge in [-0.1, -0.05) is 18.2 Å². The predicted octanol–water partition coefficient (Wildman–Crippen LogP) is 1.71. The molecule has 6 heteroatoms. The van der Waals surface area contributed by atoms with Crippen molar-refractivity contribution in [2.45, 2.75) is 13.3 Å². The van der Waals surface area contributed by atoms with Gasteiger partial charge in [-0.3, -0.25) is 0 Å². The molecule has 1 N–H and O–H groups in total. The molecule has 0 spiro atoms. The van der Waals surface area contributed by atoms with Crippen molar-refractivity contribution in [1.29, 1.82) is 5.26 Å². The minimum atomic E-state index is -0.517. The molecule has 0 fully saturated rings. The fourth-order valence-corrected chi connectivity index (χ4v) is 1.69. The molecule has 0 bridgehead atoms. The number of ether oxygens (including phenoxy) is 1. The molecule has 1 aromatic heterocycles. The molecule has 0 amide bonds. The standard InChI is InChI=1S/C13H12N4O2/c1-2-19-13(18)12-11(15-17-16-12)10-5-3-4-9(8-10)6-7-14/h3-5,8H,2,6H2,1H3,(H,15,16,17). The Labute approximate surface area is 110 Å². The fourth-order valence-electron chi connectivity index (χ4n) is 1.69. The molecule has 0 saturated carbocycles. The number of H-pyrrole nitrogens is 1. The van der Waals surface area contributed by atoms with Gasteiger partial charge in [-0.05, 0) is 18.6 Å². The van der Waals surface area contributed by atoms with Crippen molar-refractivity contribution in [1.82, 2.24) is 15.4 Å². The molecule has 0 radical (unpaired) electrons. The lowest BCUT2D eigenvalue weighted by molar-refractivity contribution is 0.0520. The Bertz CT molecular complexity index is 628. The maximum atomic E-state index is 11.7. The van der Waals surface area contributed by atoms with Gasteiger partial charge in [-0.15, -0.1) is 5.10 Å². The van der Waals surface area contributed by atoms with Gasteiger partial charge in [0.1, 0.15) is 5.69 Å². The smallest absolute Gasteiger partial charge is 0.361 e. The van der Waals surface area contributed by atoms with Crippen LogP contribution in [0.15, 0.2) is 24.3 Å². The summed E-state index contributed by atoms with van der Waals surface area (Å²) in [6.07, 6.45) is 0.306. The van der Waals surface area contributed by atoms with E-state index in [2.05, 4.69) is 21.5 Å². The van der Waals surface area contributed by atoms with E-state index in [1.807, 2.05) is 18.2 Å². The van der Waals surface area contributed by atoms with Crippen molar-refractivity contribution in [3.8, 4) is 17.3 Å². The summed E-state index contributed by atoms with van der Waals surface area (Å²) < 4.78 is 4.91. The number of esters is 1. The van der Waals surface area contributed by atoms with Crippen molar-refractivity contribution >= 4 is 5.97 Å². The van der Waals surface area contributed by atoms with Gasteiger partial charge in [0.25, 0.3) is 0 Å². The third-order valence-corrected chi connectivity index (χ3v) is 2.50. The summed E-state index contributed by atoms with van der Waals surface area (Å²) in [5.74, 6) is -0.517. The van der Waals surface area contributed by atoms with Crippen LogP contribution in [0.1, 0.15) is 23.0 Å². The molecule has 0 atom stereocenters. The van der Waals surface area contributed by atoms with E-state index in [4.69, 9.17) is 10.00 Å². The molecule has 0 aliphatic heterocycles. The molecular weight excluding hydrogens is 244 g/mol. The van der Waals surface area contributed by atoms with Gasteiger partial charge in [-0.25, -0.2) is 4.79 Å². The van der Waals surface area contributed by atoms with Crippen LogP contribution in [0.2, 0.25) is 0 Å². The van der Waals surface area contributed by atoms with Gasteiger partial charge in [0.15, 0.2) is 5.69 Å². The lowest BCUT2D eigenvalue weighted by Crippen LogP contribution is -2.06. The van der Waals surface area contributed by atoms with E-state index >= 15 is 0 Å². The van der Waals surface area contributed by atoms with Crippen LogP contribution >= 0.6 is 0 Å². The maximum absolute atomic E-state index is 11.7. The minimum absolute atomic E-state index is 0.149. The number of hydrogen-bond acceptors (Lipinski definition) is 5. The first-order valence-corrected chi connectivity index (χ1v) is 5.80. The second-order valence-corrected chi connectivity index (χ2v) is 3.78. The van der Waals surface area contributed by atoms with Crippen LogP contribution in [0.4, 0.5) is 0 Å². The largest absolute Gasteiger partial charge is 0.461 e. The summed E-state index contributed by atoms with van der Waals surface area (Å²) in [6.45, 7) is 2.00. The first kappa shape index (κ1) is 12.8. The van der Waals surface area contributed by atoms with Gasteiger partial charge in [0, 0.05) is 5.56 Å². The van der Waals surface area contributed by atoms with Crippen molar-refractivity contribution < 1.29 is 9.53 Å². The quantitative estimate of drug-likeness (QED) is 0.841. The van der Waals surface area contributed by atoms with E-state index in [0.717, 1.165) is 11.1 Å². The summed E-state index contributed by atoms with van der Waals surface area (Å²) in [4.78, 5) is 11.7. The van der Waals surface area contributed by atoms with Crippen molar-refractivity contribution in [2.24, 2.45) is 0 Å².